The molecule has 0 aromatic heterocycles. The summed E-state index contributed by atoms with van der Waals surface area (Å²) in [7, 11) is 0. The molecule has 1 aliphatic rings. The number of rotatable bonds is 0. The summed E-state index contributed by atoms with van der Waals surface area (Å²) in [5.74, 6) is 0.622. The summed E-state index contributed by atoms with van der Waals surface area (Å²) < 4.78 is 0. The summed E-state index contributed by atoms with van der Waals surface area (Å²) in [6.07, 6.45) is 5.63. The normalized spacial score (nSPS) is 29.3. The smallest absolute Gasteiger partial charge is 0.0401 e. The fourth-order valence-electron chi connectivity index (χ4n) is 1.38. The van der Waals surface area contributed by atoms with Gasteiger partial charge in [-0.05, 0) is 38.7 Å². The summed E-state index contributed by atoms with van der Waals surface area (Å²) in [6.45, 7) is 8.49. The predicted molar refractivity (Wildman–Crippen MR) is 54.4 cm³/mol. The third-order valence-electron chi connectivity index (χ3n) is 2.24. The highest BCUT2D eigenvalue weighted by molar-refractivity contribution is 5.98. The lowest BCUT2D eigenvalue weighted by molar-refractivity contribution is 0.732. The summed E-state index contributed by atoms with van der Waals surface area (Å²) in [5.41, 5.74) is 3.61. The van der Waals surface area contributed by atoms with E-state index in [1.54, 1.807) is 0 Å². The van der Waals surface area contributed by atoms with Crippen LogP contribution in [0.25, 0.3) is 0 Å². The van der Waals surface area contributed by atoms with Gasteiger partial charge in [-0.15, -0.1) is 0 Å². The van der Waals surface area contributed by atoms with Crippen LogP contribution in [0.5, 0.6) is 0 Å². The second kappa shape index (κ2) is 3.70. The lowest BCUT2D eigenvalue weighted by atomic mass is 10.0. The first-order chi connectivity index (χ1) is 5.59. The number of hydrogen-bond donors (Lipinski definition) is 0. The summed E-state index contributed by atoms with van der Waals surface area (Å²) in [6, 6.07) is 0. The third-order valence-corrected chi connectivity index (χ3v) is 2.24. The van der Waals surface area contributed by atoms with Crippen LogP contribution in [0.15, 0.2) is 28.4 Å². The minimum Gasteiger partial charge on any atom is -0.259 e. The van der Waals surface area contributed by atoms with E-state index in [0.29, 0.717) is 5.92 Å². The highest BCUT2D eigenvalue weighted by Crippen LogP contribution is 2.15. The van der Waals surface area contributed by atoms with Crippen LogP contribution in [0.4, 0.5) is 0 Å². The molecule has 0 fully saturated rings. The molecule has 0 saturated carbocycles. The average molecular weight is 163 g/mol. The van der Waals surface area contributed by atoms with Gasteiger partial charge in [0.15, 0.2) is 0 Å². The van der Waals surface area contributed by atoms with Gasteiger partial charge in [-0.3, -0.25) is 4.99 Å². The van der Waals surface area contributed by atoms with Crippen molar-refractivity contribution in [1.29, 1.82) is 0 Å². The van der Waals surface area contributed by atoms with Gasteiger partial charge in [0.25, 0.3) is 0 Å². The number of aliphatic imine (C=N–C) groups is 1. The van der Waals surface area contributed by atoms with Crippen molar-refractivity contribution >= 4 is 5.71 Å². The van der Waals surface area contributed by atoms with Gasteiger partial charge >= 0.3 is 0 Å². The van der Waals surface area contributed by atoms with E-state index in [-0.39, 0.29) is 0 Å². The van der Waals surface area contributed by atoms with Crippen molar-refractivity contribution in [2.75, 3.05) is 0 Å². The third kappa shape index (κ3) is 2.33. The molecule has 0 aromatic carbocycles. The Morgan fingerprint density at radius 3 is 2.67 bits per heavy atom. The average Bonchev–Trinajstić information content (AvgIpc) is 1.98. The maximum atomic E-state index is 4.48. The van der Waals surface area contributed by atoms with E-state index in [9.17, 15) is 0 Å². The first-order valence-electron chi connectivity index (χ1n) is 4.50. The molecule has 0 saturated heterocycles. The Bertz CT molecular complexity index is 256. The second-order valence-corrected chi connectivity index (χ2v) is 3.61. The molecule has 0 amide bonds. The van der Waals surface area contributed by atoms with E-state index < -0.39 is 0 Å². The van der Waals surface area contributed by atoms with Crippen molar-refractivity contribution in [3.05, 3.63) is 23.4 Å². The Hall–Kier alpha value is -0.850. The Balaban J connectivity index is 2.97. The molecule has 0 spiro atoms. The molecule has 1 unspecified atom stereocenters. The van der Waals surface area contributed by atoms with E-state index in [1.807, 2.05) is 0 Å². The van der Waals surface area contributed by atoms with Gasteiger partial charge in [0.1, 0.15) is 0 Å². The molecule has 1 atom stereocenters. The van der Waals surface area contributed by atoms with E-state index in [1.165, 1.54) is 5.57 Å². The van der Waals surface area contributed by atoms with Gasteiger partial charge in [0, 0.05) is 11.4 Å². The Labute approximate surface area is 74.9 Å². The molecule has 12 heavy (non-hydrogen) atoms. The second-order valence-electron chi connectivity index (χ2n) is 3.61. The molecule has 0 aliphatic carbocycles. The van der Waals surface area contributed by atoms with E-state index >= 15 is 0 Å². The van der Waals surface area contributed by atoms with Crippen LogP contribution in [-0.2, 0) is 0 Å². The van der Waals surface area contributed by atoms with E-state index in [4.69, 9.17) is 0 Å². The molecule has 1 heteroatoms. The van der Waals surface area contributed by atoms with Gasteiger partial charge in [0.2, 0.25) is 0 Å². The van der Waals surface area contributed by atoms with E-state index in [0.717, 1.165) is 17.8 Å². The Morgan fingerprint density at radius 2 is 2.00 bits per heavy atom. The molecule has 0 aromatic rings. The van der Waals surface area contributed by atoms with Crippen molar-refractivity contribution in [1.82, 2.24) is 0 Å². The van der Waals surface area contributed by atoms with Crippen molar-refractivity contribution in [2.24, 2.45) is 10.9 Å². The molecule has 0 N–H and O–H groups in total. The SMILES string of the molecule is CC1=CC(C)C/C=C(\C)C(C)=N1. The first kappa shape index (κ1) is 9.24. The first-order valence-corrected chi connectivity index (χ1v) is 4.50. The van der Waals surface area contributed by atoms with Crippen molar-refractivity contribution in [3.63, 3.8) is 0 Å². The van der Waals surface area contributed by atoms with E-state index in [2.05, 4.69) is 44.8 Å². The highest BCUT2D eigenvalue weighted by atomic mass is 14.7. The minimum atomic E-state index is 0.622. The largest absolute Gasteiger partial charge is 0.259 e. The predicted octanol–water partition coefficient (Wildman–Crippen LogP) is 3.34. The van der Waals surface area contributed by atoms with Crippen LogP contribution in [0.2, 0.25) is 0 Å². The van der Waals surface area contributed by atoms with Crippen LogP contribution in [0.3, 0.4) is 0 Å². The molecular formula is C11H17N. The molecule has 1 aliphatic heterocycles. The summed E-state index contributed by atoms with van der Waals surface area (Å²) in [5, 5.41) is 0. The Kier molecular flexibility index (Phi) is 2.85. The van der Waals surface area contributed by atoms with Crippen molar-refractivity contribution in [3.8, 4) is 0 Å². The minimum absolute atomic E-state index is 0.622. The molecule has 66 valence electrons. The number of allylic oxidation sites excluding steroid dienone is 4. The standard InChI is InChI=1S/C11H17N/c1-8-5-6-9(2)11(4)12-10(3)7-8/h6-8H,5H2,1-4H3/b9-6+,10-7?,12-11?. The van der Waals surface area contributed by atoms with Gasteiger partial charge in [-0.1, -0.05) is 19.1 Å². The van der Waals surface area contributed by atoms with Gasteiger partial charge in [-0.2, -0.15) is 0 Å². The fraction of sp³-hybridized carbons (Fsp3) is 0.545. The monoisotopic (exact) mass is 163 g/mol. The number of hydrogen-bond acceptors (Lipinski definition) is 1. The van der Waals surface area contributed by atoms with Crippen molar-refractivity contribution in [2.45, 2.75) is 34.1 Å². The van der Waals surface area contributed by atoms with Crippen LogP contribution in [-0.4, -0.2) is 5.71 Å². The topological polar surface area (TPSA) is 12.4 Å². The maximum absolute atomic E-state index is 4.48. The highest BCUT2D eigenvalue weighted by Gasteiger charge is 2.03. The molecule has 0 radical (unpaired) electrons. The van der Waals surface area contributed by atoms with Crippen LogP contribution >= 0.6 is 0 Å². The van der Waals surface area contributed by atoms with Gasteiger partial charge < -0.3 is 0 Å². The lowest BCUT2D eigenvalue weighted by Crippen LogP contribution is -1.99. The Morgan fingerprint density at radius 1 is 1.33 bits per heavy atom. The molecule has 1 rings (SSSR count). The molecular weight excluding hydrogens is 146 g/mol. The molecule has 1 nitrogen and oxygen atoms in total. The summed E-state index contributed by atoms with van der Waals surface area (Å²) in [4.78, 5) is 4.48. The van der Waals surface area contributed by atoms with Crippen LogP contribution in [0.1, 0.15) is 34.1 Å². The van der Waals surface area contributed by atoms with Crippen molar-refractivity contribution < 1.29 is 0 Å². The van der Waals surface area contributed by atoms with Gasteiger partial charge in [-0.25, -0.2) is 0 Å². The number of nitrogens with zero attached hydrogens (tertiary/aromatic N) is 1. The van der Waals surface area contributed by atoms with Crippen LogP contribution < -0.4 is 0 Å². The summed E-state index contributed by atoms with van der Waals surface area (Å²) >= 11 is 0. The zero-order valence-electron chi connectivity index (χ0n) is 8.39. The fourth-order valence-corrected chi connectivity index (χ4v) is 1.38. The van der Waals surface area contributed by atoms with Crippen LogP contribution in [0, 0.1) is 5.92 Å². The maximum Gasteiger partial charge on any atom is 0.0401 e. The molecule has 1 heterocycles. The molecule has 0 bridgehead atoms. The quantitative estimate of drug-likeness (QED) is 0.519. The lowest BCUT2D eigenvalue weighted by Gasteiger charge is -2.09. The zero-order valence-corrected chi connectivity index (χ0v) is 8.39. The zero-order chi connectivity index (χ0) is 9.14. The van der Waals surface area contributed by atoms with Gasteiger partial charge in [0.05, 0.1) is 0 Å².